The van der Waals surface area contributed by atoms with E-state index in [1.165, 1.54) is 13.0 Å². The van der Waals surface area contributed by atoms with Gasteiger partial charge in [-0.3, -0.25) is 9.52 Å². The fraction of sp³-hybridized carbons (Fsp3) is 0.308. The molecule has 0 spiro atoms. The zero-order chi connectivity index (χ0) is 13.2. The van der Waals surface area contributed by atoms with Gasteiger partial charge >= 0.3 is 0 Å². The molecule has 1 fully saturated rings. The van der Waals surface area contributed by atoms with Crippen molar-refractivity contribution in [3.8, 4) is 0 Å². The van der Waals surface area contributed by atoms with Crippen molar-refractivity contribution in [3.63, 3.8) is 0 Å². The first-order chi connectivity index (χ1) is 8.49. The van der Waals surface area contributed by atoms with Gasteiger partial charge in [0.25, 0.3) is 0 Å². The molecule has 0 heterocycles. The van der Waals surface area contributed by atoms with Crippen LogP contribution >= 0.6 is 0 Å². The van der Waals surface area contributed by atoms with E-state index >= 15 is 0 Å². The summed E-state index contributed by atoms with van der Waals surface area (Å²) in [5, 5.41) is -0.309. The van der Waals surface area contributed by atoms with Crippen LogP contribution in [0.15, 0.2) is 36.4 Å². The van der Waals surface area contributed by atoms with Crippen molar-refractivity contribution in [2.24, 2.45) is 0 Å². The Morgan fingerprint density at radius 3 is 2.39 bits per heavy atom. The molecule has 96 valence electrons. The Hall–Kier alpha value is -1.62. The highest BCUT2D eigenvalue weighted by molar-refractivity contribution is 7.90. The number of carbonyl (C=O) groups excluding carboxylic acids is 1. The zero-order valence-corrected chi connectivity index (χ0v) is 10.9. The van der Waals surface area contributed by atoms with Gasteiger partial charge in [-0.2, -0.15) is 0 Å². The highest BCUT2D eigenvalue weighted by atomic mass is 32.2. The maximum atomic E-state index is 11.9. The van der Waals surface area contributed by atoms with Gasteiger partial charge in [0.1, 0.15) is 0 Å². The van der Waals surface area contributed by atoms with Crippen molar-refractivity contribution in [3.05, 3.63) is 42.0 Å². The van der Waals surface area contributed by atoms with E-state index in [0.29, 0.717) is 24.1 Å². The molecule has 1 aromatic rings. The normalized spacial score (nSPS) is 16.4. The molecular formula is C13H15NO3S. The first-order valence-electron chi connectivity index (χ1n) is 5.78. The lowest BCUT2D eigenvalue weighted by atomic mass is 10.1. The van der Waals surface area contributed by atoms with Crippen molar-refractivity contribution < 1.29 is 13.2 Å². The van der Waals surface area contributed by atoms with Gasteiger partial charge in [-0.25, -0.2) is 8.42 Å². The number of hydrogen-bond acceptors (Lipinski definition) is 3. The first kappa shape index (κ1) is 12.8. The molecule has 18 heavy (non-hydrogen) atoms. The fourth-order valence-corrected chi connectivity index (χ4v) is 3.01. The summed E-state index contributed by atoms with van der Waals surface area (Å²) >= 11 is 0. The van der Waals surface area contributed by atoms with Crippen molar-refractivity contribution >= 4 is 21.5 Å². The molecule has 2 rings (SSSR count). The quantitative estimate of drug-likeness (QED) is 0.824. The van der Waals surface area contributed by atoms with Crippen LogP contribution in [0.2, 0.25) is 0 Å². The van der Waals surface area contributed by atoms with Crippen LogP contribution < -0.4 is 4.72 Å². The molecule has 0 radical (unpaired) electrons. The van der Waals surface area contributed by atoms with Crippen LogP contribution in [0.5, 0.6) is 0 Å². The summed E-state index contributed by atoms with van der Waals surface area (Å²) in [6, 6.07) is 8.97. The first-order valence-corrected chi connectivity index (χ1v) is 7.33. The van der Waals surface area contributed by atoms with Gasteiger partial charge in [-0.1, -0.05) is 30.3 Å². The second kappa shape index (κ2) is 4.94. The number of ketones is 1. The molecule has 1 aliphatic carbocycles. The van der Waals surface area contributed by atoms with Crippen molar-refractivity contribution in [1.29, 1.82) is 0 Å². The molecule has 1 aliphatic rings. The minimum absolute atomic E-state index is 0.188. The van der Waals surface area contributed by atoms with Crippen molar-refractivity contribution in [2.75, 3.05) is 0 Å². The minimum atomic E-state index is -3.35. The maximum absolute atomic E-state index is 11.9. The molecule has 0 saturated heterocycles. The molecular weight excluding hydrogens is 250 g/mol. The van der Waals surface area contributed by atoms with Gasteiger partial charge < -0.3 is 0 Å². The van der Waals surface area contributed by atoms with Crippen molar-refractivity contribution in [1.82, 2.24) is 4.72 Å². The molecule has 0 bridgehead atoms. The molecule has 1 N–H and O–H groups in total. The summed E-state index contributed by atoms with van der Waals surface area (Å²) in [6.45, 7) is 1.40. The summed E-state index contributed by atoms with van der Waals surface area (Å²) < 4.78 is 26.3. The Labute approximate surface area is 107 Å². The van der Waals surface area contributed by atoms with Gasteiger partial charge in [-0.05, 0) is 25.3 Å². The number of hydrogen-bond donors (Lipinski definition) is 1. The largest absolute Gasteiger partial charge is 0.295 e. The number of allylic oxidation sites excluding steroid dienone is 1. The zero-order valence-electron chi connectivity index (χ0n) is 10.1. The maximum Gasteiger partial charge on any atom is 0.235 e. The van der Waals surface area contributed by atoms with E-state index in [1.807, 2.05) is 6.07 Å². The van der Waals surface area contributed by atoms with Crippen LogP contribution in [0.1, 0.15) is 25.3 Å². The molecule has 0 aliphatic heterocycles. The average molecular weight is 265 g/mol. The highest BCUT2D eigenvalue weighted by Crippen LogP contribution is 2.29. The lowest BCUT2D eigenvalue weighted by Crippen LogP contribution is -2.26. The molecule has 5 heteroatoms. The van der Waals surface area contributed by atoms with Gasteiger partial charge in [0.05, 0.1) is 10.9 Å². The summed E-state index contributed by atoms with van der Waals surface area (Å²) in [4.78, 5) is 11.2. The second-order valence-electron chi connectivity index (χ2n) is 4.38. The van der Waals surface area contributed by atoms with Crippen LogP contribution in [-0.4, -0.2) is 19.5 Å². The lowest BCUT2D eigenvalue weighted by Gasteiger charge is -2.11. The predicted octanol–water partition coefficient (Wildman–Crippen LogP) is 1.70. The summed E-state index contributed by atoms with van der Waals surface area (Å²) in [7, 11) is -3.35. The number of benzene rings is 1. The van der Waals surface area contributed by atoms with Gasteiger partial charge in [-0.15, -0.1) is 0 Å². The third-order valence-corrected chi connectivity index (χ3v) is 4.50. The lowest BCUT2D eigenvalue weighted by molar-refractivity contribution is -0.112. The molecule has 1 saturated carbocycles. The SMILES string of the molecule is CC(=O)/C=C(/NS(=O)(=O)C1CC1)c1ccccc1. The Bertz CT molecular complexity index is 572. The molecule has 4 nitrogen and oxygen atoms in total. The highest BCUT2D eigenvalue weighted by Gasteiger charge is 2.36. The van der Waals surface area contributed by atoms with Crippen LogP contribution in [-0.2, 0) is 14.8 Å². The van der Waals surface area contributed by atoms with Crippen LogP contribution in [0.4, 0.5) is 0 Å². The number of rotatable bonds is 5. The third-order valence-electron chi connectivity index (χ3n) is 2.65. The van der Waals surface area contributed by atoms with E-state index < -0.39 is 10.0 Å². The van der Waals surface area contributed by atoms with Gasteiger partial charge in [0, 0.05) is 6.08 Å². The average Bonchev–Trinajstić information content (AvgIpc) is 3.12. The second-order valence-corrected chi connectivity index (χ2v) is 6.34. The molecule has 0 unspecified atom stereocenters. The topological polar surface area (TPSA) is 63.2 Å². The van der Waals surface area contributed by atoms with Crippen LogP contribution in [0, 0.1) is 0 Å². The number of carbonyl (C=O) groups is 1. The molecule has 0 aromatic heterocycles. The Balaban J connectivity index is 2.30. The molecule has 1 aromatic carbocycles. The van der Waals surface area contributed by atoms with Crippen LogP contribution in [0.25, 0.3) is 5.70 Å². The van der Waals surface area contributed by atoms with E-state index in [9.17, 15) is 13.2 Å². The number of sulfonamides is 1. The Morgan fingerprint density at radius 2 is 1.89 bits per heavy atom. The Morgan fingerprint density at radius 1 is 1.28 bits per heavy atom. The van der Waals surface area contributed by atoms with Gasteiger partial charge in [0.15, 0.2) is 5.78 Å². The standard InChI is InChI=1S/C13H15NO3S/c1-10(15)9-13(11-5-3-2-4-6-11)14-18(16,17)12-7-8-12/h2-6,9,12,14H,7-8H2,1H3/b13-9+. The van der Waals surface area contributed by atoms with Gasteiger partial charge in [0.2, 0.25) is 10.0 Å². The van der Waals surface area contributed by atoms with E-state index in [4.69, 9.17) is 0 Å². The van der Waals surface area contributed by atoms with E-state index in [1.54, 1.807) is 24.3 Å². The predicted molar refractivity (Wildman–Crippen MR) is 70.2 cm³/mol. The van der Waals surface area contributed by atoms with E-state index in [2.05, 4.69) is 4.72 Å². The van der Waals surface area contributed by atoms with E-state index in [-0.39, 0.29) is 11.0 Å². The van der Waals surface area contributed by atoms with E-state index in [0.717, 1.165) is 0 Å². The Kier molecular flexibility index (Phi) is 3.52. The summed E-state index contributed by atoms with van der Waals surface area (Å²) in [5.41, 5.74) is 1.03. The summed E-state index contributed by atoms with van der Waals surface area (Å²) in [5.74, 6) is -0.188. The molecule has 0 atom stereocenters. The molecule has 0 amide bonds. The summed E-state index contributed by atoms with van der Waals surface area (Å²) in [6.07, 6.45) is 2.70. The smallest absolute Gasteiger partial charge is 0.235 e. The third kappa shape index (κ3) is 3.20. The monoisotopic (exact) mass is 265 g/mol. The number of nitrogens with one attached hydrogen (secondary N) is 1. The van der Waals surface area contributed by atoms with Crippen molar-refractivity contribution in [2.45, 2.75) is 25.0 Å². The van der Waals surface area contributed by atoms with Crippen LogP contribution in [0.3, 0.4) is 0 Å². The minimum Gasteiger partial charge on any atom is -0.295 e. The fourth-order valence-electron chi connectivity index (χ4n) is 1.61.